The fourth-order valence-corrected chi connectivity index (χ4v) is 5.62. The third-order valence-electron chi connectivity index (χ3n) is 5.27. The van der Waals surface area contributed by atoms with Gasteiger partial charge >= 0.3 is 0 Å². The number of rotatable bonds is 6. The summed E-state index contributed by atoms with van der Waals surface area (Å²) >= 11 is 1.16. The summed E-state index contributed by atoms with van der Waals surface area (Å²) in [5.74, 6) is 0.0784. The summed E-state index contributed by atoms with van der Waals surface area (Å²) in [7, 11) is -2.22. The molecule has 2 aliphatic rings. The van der Waals surface area contributed by atoms with Crippen molar-refractivity contribution in [2.24, 2.45) is 0 Å². The molecule has 2 aromatic rings. The number of amides is 2. The lowest BCUT2D eigenvalue weighted by atomic mass is 10.2. The van der Waals surface area contributed by atoms with Crippen LogP contribution in [0, 0.1) is 0 Å². The Morgan fingerprint density at radius 3 is 2.58 bits per heavy atom. The molecule has 2 amide bonds. The Morgan fingerprint density at radius 2 is 1.90 bits per heavy atom. The van der Waals surface area contributed by atoms with Crippen LogP contribution in [0.2, 0.25) is 0 Å². The number of nitrogens with zero attached hydrogens (tertiary/aromatic N) is 1. The average molecular weight is 462 g/mol. The van der Waals surface area contributed by atoms with Gasteiger partial charge in [-0.1, -0.05) is 12.1 Å². The predicted molar refractivity (Wildman–Crippen MR) is 118 cm³/mol. The average Bonchev–Trinajstić information content (AvgIpc) is 3.32. The van der Waals surface area contributed by atoms with Crippen molar-refractivity contribution in [3.63, 3.8) is 0 Å². The van der Waals surface area contributed by atoms with Crippen LogP contribution < -0.4 is 14.8 Å². The molecule has 1 fully saturated rings. The number of hydrogen-bond acceptors (Lipinski definition) is 6. The summed E-state index contributed by atoms with van der Waals surface area (Å²) in [5, 5.41) is 1.85. The lowest BCUT2D eigenvalue weighted by Gasteiger charge is -2.27. The number of sulfonamides is 1. The number of likely N-dealkylation sites (tertiary alicyclic amines) is 1. The van der Waals surface area contributed by atoms with E-state index in [2.05, 4.69) is 10.0 Å². The Morgan fingerprint density at radius 1 is 1.19 bits per heavy atom. The highest BCUT2D eigenvalue weighted by Gasteiger charge is 2.37. The summed E-state index contributed by atoms with van der Waals surface area (Å²) in [6, 6.07) is 11.6. The Hall–Kier alpha value is -2.56. The van der Waals surface area contributed by atoms with E-state index in [4.69, 9.17) is 4.74 Å². The second-order valence-corrected chi connectivity index (χ2v) is 10.3. The van der Waals surface area contributed by atoms with Crippen molar-refractivity contribution in [3.8, 4) is 5.75 Å². The molecule has 4 rings (SSSR count). The van der Waals surface area contributed by atoms with Gasteiger partial charge < -0.3 is 15.0 Å². The molecule has 0 bridgehead atoms. The maximum absolute atomic E-state index is 12.7. The number of nitrogens with one attached hydrogen (secondary N) is 2. The monoisotopic (exact) mass is 461 g/mol. The van der Waals surface area contributed by atoms with E-state index in [9.17, 15) is 18.0 Å². The number of carbonyl (C=O) groups is 2. The number of ether oxygens (including phenoxy) is 1. The van der Waals surface area contributed by atoms with Crippen LogP contribution in [0.1, 0.15) is 18.4 Å². The van der Waals surface area contributed by atoms with Gasteiger partial charge in [-0.15, -0.1) is 11.8 Å². The number of fused-ring (bicyclic) bond motifs is 1. The highest BCUT2D eigenvalue weighted by atomic mass is 32.2. The van der Waals surface area contributed by atoms with Gasteiger partial charge in [0.15, 0.2) is 5.25 Å². The molecule has 0 saturated carbocycles. The van der Waals surface area contributed by atoms with Crippen LogP contribution in [-0.4, -0.2) is 50.6 Å². The number of benzene rings is 2. The van der Waals surface area contributed by atoms with Crippen molar-refractivity contribution in [1.29, 1.82) is 0 Å². The molecule has 2 aliphatic heterocycles. The first-order valence-corrected chi connectivity index (χ1v) is 12.3. The highest BCUT2D eigenvalue weighted by molar-refractivity contribution is 8.01. The van der Waals surface area contributed by atoms with Crippen molar-refractivity contribution in [1.82, 2.24) is 9.62 Å². The van der Waals surface area contributed by atoms with Crippen molar-refractivity contribution >= 4 is 39.3 Å². The summed E-state index contributed by atoms with van der Waals surface area (Å²) in [6.45, 7) is 1.47. The van der Waals surface area contributed by atoms with E-state index in [1.165, 1.54) is 12.1 Å². The Kier molecular flexibility index (Phi) is 6.22. The molecule has 2 heterocycles. The number of methoxy groups -OCH3 is 1. The molecule has 1 atom stereocenters. The van der Waals surface area contributed by atoms with Crippen LogP contribution in [0.15, 0.2) is 52.3 Å². The van der Waals surface area contributed by atoms with Crippen LogP contribution in [0.3, 0.4) is 0 Å². The molecule has 0 spiro atoms. The van der Waals surface area contributed by atoms with E-state index in [0.29, 0.717) is 29.4 Å². The molecule has 0 aliphatic carbocycles. The SMILES string of the molecule is COc1ccc(CNS(=O)(=O)c2ccc3c(c2)NC(=O)[C@H](C(=O)N2CCCC2)S3)cc1. The summed E-state index contributed by atoms with van der Waals surface area (Å²) in [5.41, 5.74) is 1.18. The van der Waals surface area contributed by atoms with Crippen LogP contribution in [0.4, 0.5) is 5.69 Å². The largest absolute Gasteiger partial charge is 0.497 e. The van der Waals surface area contributed by atoms with Crippen molar-refractivity contribution in [3.05, 3.63) is 48.0 Å². The van der Waals surface area contributed by atoms with Crippen molar-refractivity contribution in [2.45, 2.75) is 34.4 Å². The molecular formula is C21H23N3O5S2. The molecule has 0 unspecified atom stereocenters. The minimum atomic E-state index is -3.79. The second kappa shape index (κ2) is 8.89. The maximum atomic E-state index is 12.7. The maximum Gasteiger partial charge on any atom is 0.247 e. The Balaban J connectivity index is 1.46. The van der Waals surface area contributed by atoms with Crippen LogP contribution in [-0.2, 0) is 26.2 Å². The molecule has 164 valence electrons. The van der Waals surface area contributed by atoms with Gasteiger partial charge in [0.05, 0.1) is 17.7 Å². The van der Waals surface area contributed by atoms with E-state index in [0.717, 1.165) is 30.2 Å². The van der Waals surface area contributed by atoms with Gasteiger partial charge in [0.25, 0.3) is 0 Å². The zero-order valence-electron chi connectivity index (χ0n) is 17.0. The number of carbonyl (C=O) groups excluding carboxylic acids is 2. The first kappa shape index (κ1) is 21.7. The van der Waals surface area contributed by atoms with Gasteiger partial charge in [-0.3, -0.25) is 9.59 Å². The van der Waals surface area contributed by atoms with Gasteiger partial charge in [0, 0.05) is 24.5 Å². The van der Waals surface area contributed by atoms with E-state index >= 15 is 0 Å². The van der Waals surface area contributed by atoms with Crippen LogP contribution in [0.25, 0.3) is 0 Å². The van der Waals surface area contributed by atoms with Gasteiger partial charge in [0.2, 0.25) is 21.8 Å². The standard InChI is InChI=1S/C21H23N3O5S2/c1-29-15-6-4-14(5-7-15)13-22-31(27,28)16-8-9-18-17(12-16)23-20(25)19(30-18)21(26)24-10-2-3-11-24/h4-9,12,19,22H,2-3,10-11,13H2,1H3,(H,23,25)/t19-/m1/s1. The molecule has 10 heteroatoms. The minimum Gasteiger partial charge on any atom is -0.497 e. The van der Waals surface area contributed by atoms with E-state index in [-0.39, 0.29) is 17.3 Å². The zero-order chi connectivity index (χ0) is 22.0. The molecule has 1 saturated heterocycles. The summed E-state index contributed by atoms with van der Waals surface area (Å²) < 4.78 is 33.1. The smallest absolute Gasteiger partial charge is 0.247 e. The first-order valence-electron chi connectivity index (χ1n) is 9.90. The fourth-order valence-electron chi connectivity index (χ4n) is 3.53. The molecule has 31 heavy (non-hydrogen) atoms. The number of hydrogen-bond donors (Lipinski definition) is 2. The fraction of sp³-hybridized carbons (Fsp3) is 0.333. The number of anilines is 1. The minimum absolute atomic E-state index is 0.0463. The van der Waals surface area contributed by atoms with E-state index < -0.39 is 21.2 Å². The van der Waals surface area contributed by atoms with Crippen molar-refractivity contribution < 1.29 is 22.7 Å². The lowest BCUT2D eigenvalue weighted by molar-refractivity contribution is -0.133. The van der Waals surface area contributed by atoms with Crippen LogP contribution >= 0.6 is 11.8 Å². The highest BCUT2D eigenvalue weighted by Crippen LogP contribution is 2.38. The third kappa shape index (κ3) is 4.70. The van der Waals surface area contributed by atoms with Gasteiger partial charge in [0.1, 0.15) is 5.75 Å². The normalized spacial score (nSPS) is 18.4. The zero-order valence-corrected chi connectivity index (χ0v) is 18.6. The summed E-state index contributed by atoms with van der Waals surface area (Å²) in [4.78, 5) is 27.6. The second-order valence-electron chi connectivity index (χ2n) is 7.35. The molecule has 0 radical (unpaired) electrons. The molecular weight excluding hydrogens is 438 g/mol. The van der Waals surface area contributed by atoms with Gasteiger partial charge in [-0.25, -0.2) is 13.1 Å². The topological polar surface area (TPSA) is 105 Å². The molecule has 0 aromatic heterocycles. The molecule has 2 N–H and O–H groups in total. The predicted octanol–water partition coefficient (Wildman–Crippen LogP) is 2.21. The molecule has 2 aromatic carbocycles. The van der Waals surface area contributed by atoms with Crippen molar-refractivity contribution in [2.75, 3.05) is 25.5 Å². The number of thioether (sulfide) groups is 1. The Bertz CT molecular complexity index is 1100. The molecule has 8 nitrogen and oxygen atoms in total. The van der Waals surface area contributed by atoms with Gasteiger partial charge in [-0.05, 0) is 48.7 Å². The quantitative estimate of drug-likeness (QED) is 0.639. The van der Waals surface area contributed by atoms with Crippen LogP contribution in [0.5, 0.6) is 5.75 Å². The van der Waals surface area contributed by atoms with Gasteiger partial charge in [-0.2, -0.15) is 0 Å². The third-order valence-corrected chi connectivity index (χ3v) is 7.93. The lowest BCUT2D eigenvalue weighted by Crippen LogP contribution is -2.43. The Labute approximate surface area is 185 Å². The van der Waals surface area contributed by atoms with E-state index in [1.807, 2.05) is 0 Å². The first-order chi connectivity index (χ1) is 14.9. The van der Waals surface area contributed by atoms with E-state index in [1.54, 1.807) is 42.3 Å². The summed E-state index contributed by atoms with van der Waals surface area (Å²) in [6.07, 6.45) is 1.90.